The molecule has 0 aliphatic carbocycles. The molecule has 1 aromatic rings. The van der Waals surface area contributed by atoms with Gasteiger partial charge in [0, 0.05) is 6.07 Å². The molecule has 0 amide bonds. The van der Waals surface area contributed by atoms with Crippen molar-refractivity contribution in [1.82, 2.24) is 0 Å². The first-order valence-electron chi connectivity index (χ1n) is 7.47. The highest BCUT2D eigenvalue weighted by Gasteiger charge is 2.06. The molecule has 0 N–H and O–H groups in total. The molecule has 0 bridgehead atoms. The quantitative estimate of drug-likeness (QED) is 0.410. The lowest BCUT2D eigenvalue weighted by Gasteiger charge is -2.06. The fourth-order valence-corrected chi connectivity index (χ4v) is 1.64. The maximum absolute atomic E-state index is 11.6. The molecule has 0 radical (unpaired) electrons. The Bertz CT molecular complexity index is 499. The van der Waals surface area contributed by atoms with Crippen LogP contribution in [0.25, 0.3) is 0 Å². The highest BCUT2D eigenvalue weighted by molar-refractivity contribution is 5.75. The van der Waals surface area contributed by atoms with Crippen LogP contribution >= 0.6 is 0 Å². The van der Waals surface area contributed by atoms with Gasteiger partial charge in [-0.3, -0.25) is 9.59 Å². The fraction of sp³-hybridized carbons (Fsp3) is 0.333. The van der Waals surface area contributed by atoms with E-state index < -0.39 is 0 Å². The van der Waals surface area contributed by atoms with Gasteiger partial charge in [0.1, 0.15) is 11.5 Å². The van der Waals surface area contributed by atoms with Crippen molar-refractivity contribution in [3.8, 4) is 11.5 Å². The number of hydrogen-bond acceptors (Lipinski definition) is 4. The zero-order valence-corrected chi connectivity index (χ0v) is 13.1. The molecular weight excluding hydrogens is 280 g/mol. The molecular formula is C18H22O4. The van der Waals surface area contributed by atoms with Crippen molar-refractivity contribution in [1.29, 1.82) is 0 Å². The van der Waals surface area contributed by atoms with Crippen LogP contribution in [0.2, 0.25) is 0 Å². The van der Waals surface area contributed by atoms with Gasteiger partial charge in [0.2, 0.25) is 0 Å². The zero-order chi connectivity index (χ0) is 16.2. The maximum Gasteiger partial charge on any atom is 0.315 e. The van der Waals surface area contributed by atoms with Gasteiger partial charge in [0.05, 0.1) is 12.8 Å². The molecule has 0 aromatic heterocycles. The fourth-order valence-electron chi connectivity index (χ4n) is 1.64. The molecule has 0 aliphatic heterocycles. The molecule has 0 spiro atoms. The van der Waals surface area contributed by atoms with Crippen LogP contribution in [0.15, 0.2) is 48.6 Å². The number of carbonyl (C=O) groups excluding carboxylic acids is 2. The van der Waals surface area contributed by atoms with Crippen LogP contribution in [0.3, 0.4) is 0 Å². The third-order valence-corrected chi connectivity index (χ3v) is 2.64. The predicted molar refractivity (Wildman–Crippen MR) is 85.8 cm³/mol. The summed E-state index contributed by atoms with van der Waals surface area (Å²) in [6, 6.07) is 6.50. The van der Waals surface area contributed by atoms with Gasteiger partial charge < -0.3 is 9.47 Å². The highest BCUT2D eigenvalue weighted by atomic mass is 16.5. The van der Waals surface area contributed by atoms with E-state index in [-0.39, 0.29) is 24.8 Å². The summed E-state index contributed by atoms with van der Waals surface area (Å²) < 4.78 is 10.4. The van der Waals surface area contributed by atoms with E-state index in [2.05, 4.69) is 0 Å². The van der Waals surface area contributed by atoms with Crippen molar-refractivity contribution in [3.05, 3.63) is 48.6 Å². The van der Waals surface area contributed by atoms with E-state index in [4.69, 9.17) is 9.47 Å². The Morgan fingerprint density at radius 1 is 0.864 bits per heavy atom. The Hall–Kier alpha value is -2.36. The molecule has 0 heterocycles. The lowest BCUT2D eigenvalue weighted by Crippen LogP contribution is -2.08. The number of esters is 2. The molecule has 0 saturated carbocycles. The molecule has 0 fully saturated rings. The third kappa shape index (κ3) is 7.43. The Morgan fingerprint density at radius 2 is 1.32 bits per heavy atom. The summed E-state index contributed by atoms with van der Waals surface area (Å²) in [5.41, 5.74) is 0. The Morgan fingerprint density at radius 3 is 1.73 bits per heavy atom. The molecule has 118 valence electrons. The van der Waals surface area contributed by atoms with Gasteiger partial charge in [-0.2, -0.15) is 0 Å². The standard InChI is InChI=1S/C18H22O4/c1-3-5-7-12-17(19)21-15-10-9-11-16(14-15)22-18(20)13-8-6-4-2/h5-11,14H,3-4,12-13H2,1-2H3. The maximum atomic E-state index is 11.6. The van der Waals surface area contributed by atoms with Gasteiger partial charge in [-0.15, -0.1) is 0 Å². The second-order valence-electron chi connectivity index (χ2n) is 4.59. The lowest BCUT2D eigenvalue weighted by atomic mass is 10.3. The van der Waals surface area contributed by atoms with Crippen LogP contribution in [-0.2, 0) is 9.59 Å². The number of hydrogen-bond donors (Lipinski definition) is 0. The van der Waals surface area contributed by atoms with Crippen molar-refractivity contribution in [2.45, 2.75) is 39.5 Å². The topological polar surface area (TPSA) is 52.6 Å². The number of carbonyl (C=O) groups is 2. The van der Waals surface area contributed by atoms with Crippen LogP contribution < -0.4 is 9.47 Å². The molecule has 0 unspecified atom stereocenters. The molecule has 0 saturated heterocycles. The van der Waals surface area contributed by atoms with Crippen LogP contribution in [0.1, 0.15) is 39.5 Å². The van der Waals surface area contributed by atoms with Crippen molar-refractivity contribution in [2.75, 3.05) is 0 Å². The number of allylic oxidation sites excluding steroid dienone is 2. The first kappa shape index (κ1) is 17.7. The van der Waals surface area contributed by atoms with Gasteiger partial charge in [-0.05, 0) is 25.0 Å². The molecule has 4 nitrogen and oxygen atoms in total. The second-order valence-corrected chi connectivity index (χ2v) is 4.59. The summed E-state index contributed by atoms with van der Waals surface area (Å²) in [7, 11) is 0. The molecule has 0 atom stereocenters. The van der Waals surface area contributed by atoms with E-state index in [9.17, 15) is 9.59 Å². The molecule has 4 heteroatoms. The van der Waals surface area contributed by atoms with Crippen LogP contribution in [0, 0.1) is 0 Å². The average molecular weight is 302 g/mol. The number of benzene rings is 1. The molecule has 1 rings (SSSR count). The minimum absolute atomic E-state index is 0.222. The van der Waals surface area contributed by atoms with Gasteiger partial charge in [0.15, 0.2) is 0 Å². The number of rotatable bonds is 8. The Balaban J connectivity index is 2.54. The van der Waals surface area contributed by atoms with Gasteiger partial charge in [-0.1, -0.05) is 44.2 Å². The van der Waals surface area contributed by atoms with E-state index in [1.54, 1.807) is 30.4 Å². The highest BCUT2D eigenvalue weighted by Crippen LogP contribution is 2.20. The Kier molecular flexibility index (Phi) is 8.35. The Labute approximate surface area is 131 Å². The predicted octanol–water partition coefficient (Wildman–Crippen LogP) is 4.21. The zero-order valence-electron chi connectivity index (χ0n) is 13.1. The molecule has 22 heavy (non-hydrogen) atoms. The largest absolute Gasteiger partial charge is 0.426 e. The average Bonchev–Trinajstić information content (AvgIpc) is 2.48. The summed E-state index contributed by atoms with van der Waals surface area (Å²) in [5.74, 6) is 0.0340. The van der Waals surface area contributed by atoms with E-state index in [0.717, 1.165) is 12.8 Å². The van der Waals surface area contributed by atoms with Gasteiger partial charge in [-0.25, -0.2) is 0 Å². The summed E-state index contributed by atoms with van der Waals surface area (Å²) in [5, 5.41) is 0. The van der Waals surface area contributed by atoms with Crippen molar-refractivity contribution >= 4 is 11.9 Å². The van der Waals surface area contributed by atoms with E-state index in [0.29, 0.717) is 11.5 Å². The lowest BCUT2D eigenvalue weighted by molar-refractivity contribution is -0.133. The van der Waals surface area contributed by atoms with E-state index in [1.807, 2.05) is 26.0 Å². The summed E-state index contributed by atoms with van der Waals surface area (Å²) >= 11 is 0. The molecule has 1 aromatic carbocycles. The minimum atomic E-state index is -0.348. The van der Waals surface area contributed by atoms with Crippen molar-refractivity contribution in [3.63, 3.8) is 0 Å². The second kappa shape index (κ2) is 10.4. The third-order valence-electron chi connectivity index (χ3n) is 2.64. The number of ether oxygens (including phenoxy) is 2. The first-order valence-corrected chi connectivity index (χ1v) is 7.47. The first-order chi connectivity index (χ1) is 10.7. The van der Waals surface area contributed by atoms with Gasteiger partial charge >= 0.3 is 11.9 Å². The summed E-state index contributed by atoms with van der Waals surface area (Å²) in [6.45, 7) is 3.99. The SMILES string of the molecule is CCC=CCC(=O)Oc1cccc(OC(=O)CC=CCC)c1. The van der Waals surface area contributed by atoms with Crippen LogP contribution in [-0.4, -0.2) is 11.9 Å². The summed E-state index contributed by atoms with van der Waals surface area (Å²) in [6.07, 6.45) is 9.56. The summed E-state index contributed by atoms with van der Waals surface area (Å²) in [4.78, 5) is 23.2. The smallest absolute Gasteiger partial charge is 0.315 e. The van der Waals surface area contributed by atoms with Gasteiger partial charge in [0.25, 0.3) is 0 Å². The molecule has 0 aliphatic rings. The van der Waals surface area contributed by atoms with E-state index in [1.165, 1.54) is 6.07 Å². The van der Waals surface area contributed by atoms with Crippen LogP contribution in [0.5, 0.6) is 11.5 Å². The normalized spacial score (nSPS) is 11.0. The van der Waals surface area contributed by atoms with Crippen LogP contribution in [0.4, 0.5) is 0 Å². The van der Waals surface area contributed by atoms with Crippen molar-refractivity contribution < 1.29 is 19.1 Å². The monoisotopic (exact) mass is 302 g/mol. The minimum Gasteiger partial charge on any atom is -0.426 e. The van der Waals surface area contributed by atoms with E-state index >= 15 is 0 Å². The van der Waals surface area contributed by atoms with Crippen molar-refractivity contribution in [2.24, 2.45) is 0 Å².